The summed E-state index contributed by atoms with van der Waals surface area (Å²) in [6.07, 6.45) is 8.30. The van der Waals surface area contributed by atoms with Crippen LogP contribution in [-0.4, -0.2) is 63.4 Å². The van der Waals surface area contributed by atoms with E-state index in [0.29, 0.717) is 31.1 Å². The summed E-state index contributed by atoms with van der Waals surface area (Å²) in [4.78, 5) is 42.0. The summed E-state index contributed by atoms with van der Waals surface area (Å²) in [5, 5.41) is 3.29. The molecule has 2 aromatic rings. The molecule has 144 valence electrons. The van der Waals surface area contributed by atoms with Gasteiger partial charge in [-0.2, -0.15) is 0 Å². The van der Waals surface area contributed by atoms with Crippen LogP contribution in [0.25, 0.3) is 0 Å². The standard InChI is InChI=1S/C20H22N6O2/c27-17-15-12-26(19-22-6-1-7-23-19)13-16(15)20(24-17)4-10-25(11-5-20)18(28)14-2-8-21-9-3-14/h1-3,6-9,15-16H,4-5,10-13H2,(H,24,27)/t15-,16+/m0/s1. The first kappa shape index (κ1) is 17.1. The van der Waals surface area contributed by atoms with Crippen molar-refractivity contribution < 1.29 is 9.59 Å². The Balaban J connectivity index is 1.30. The van der Waals surface area contributed by atoms with Crippen LogP contribution >= 0.6 is 0 Å². The Morgan fingerprint density at radius 1 is 1.07 bits per heavy atom. The van der Waals surface area contributed by atoms with E-state index in [1.807, 2.05) is 4.90 Å². The number of carbonyl (C=O) groups excluding carboxylic acids is 2. The van der Waals surface area contributed by atoms with Crippen LogP contribution in [0.3, 0.4) is 0 Å². The second kappa shape index (κ2) is 6.54. The number of nitrogens with zero attached hydrogens (tertiary/aromatic N) is 5. The summed E-state index contributed by atoms with van der Waals surface area (Å²) in [5.74, 6) is 1.03. The van der Waals surface area contributed by atoms with Crippen molar-refractivity contribution in [2.75, 3.05) is 31.1 Å². The summed E-state index contributed by atoms with van der Waals surface area (Å²) < 4.78 is 0. The molecule has 0 radical (unpaired) electrons. The molecule has 0 aromatic carbocycles. The Hall–Kier alpha value is -3.03. The molecule has 2 amide bonds. The normalized spacial score (nSPS) is 25.6. The zero-order valence-corrected chi connectivity index (χ0v) is 15.5. The molecule has 0 saturated carbocycles. The van der Waals surface area contributed by atoms with Gasteiger partial charge >= 0.3 is 0 Å². The number of piperidine rings is 1. The highest BCUT2D eigenvalue weighted by Crippen LogP contribution is 2.44. The molecule has 3 fully saturated rings. The van der Waals surface area contributed by atoms with Gasteiger partial charge in [0.15, 0.2) is 0 Å². The Morgan fingerprint density at radius 3 is 2.50 bits per heavy atom. The lowest BCUT2D eigenvalue weighted by Crippen LogP contribution is -2.56. The molecule has 8 heteroatoms. The van der Waals surface area contributed by atoms with Crippen molar-refractivity contribution in [3.8, 4) is 0 Å². The van der Waals surface area contributed by atoms with Crippen molar-refractivity contribution in [3.05, 3.63) is 48.5 Å². The van der Waals surface area contributed by atoms with E-state index in [1.54, 1.807) is 43.0 Å². The van der Waals surface area contributed by atoms with Gasteiger partial charge < -0.3 is 15.1 Å². The first-order valence-electron chi connectivity index (χ1n) is 9.70. The zero-order chi connectivity index (χ0) is 19.1. The number of carbonyl (C=O) groups is 2. The first-order chi connectivity index (χ1) is 13.7. The molecule has 2 atom stereocenters. The quantitative estimate of drug-likeness (QED) is 0.828. The maximum absolute atomic E-state index is 12.7. The minimum absolute atomic E-state index is 0.0313. The zero-order valence-electron chi connectivity index (χ0n) is 15.5. The third-order valence-corrected chi connectivity index (χ3v) is 6.44. The number of anilines is 1. The number of rotatable bonds is 2. The molecule has 0 bridgehead atoms. The highest BCUT2D eigenvalue weighted by molar-refractivity contribution is 5.94. The average Bonchev–Trinajstić information content (AvgIpc) is 3.30. The molecule has 0 unspecified atom stereocenters. The van der Waals surface area contributed by atoms with Crippen LogP contribution in [0, 0.1) is 11.8 Å². The van der Waals surface area contributed by atoms with Crippen molar-refractivity contribution in [2.24, 2.45) is 11.8 Å². The average molecular weight is 378 g/mol. The second-order valence-corrected chi connectivity index (χ2v) is 7.84. The number of hydrogen-bond acceptors (Lipinski definition) is 6. The van der Waals surface area contributed by atoms with Gasteiger partial charge in [0.05, 0.1) is 5.92 Å². The van der Waals surface area contributed by atoms with Gasteiger partial charge in [-0.25, -0.2) is 9.97 Å². The maximum Gasteiger partial charge on any atom is 0.253 e. The van der Waals surface area contributed by atoms with Gasteiger partial charge in [0.25, 0.3) is 5.91 Å². The van der Waals surface area contributed by atoms with Gasteiger partial charge in [0.1, 0.15) is 0 Å². The van der Waals surface area contributed by atoms with Gasteiger partial charge in [0, 0.05) is 68.0 Å². The summed E-state index contributed by atoms with van der Waals surface area (Å²) in [6.45, 7) is 2.71. The highest BCUT2D eigenvalue weighted by Gasteiger charge is 2.57. The Morgan fingerprint density at radius 2 is 1.79 bits per heavy atom. The Bertz CT molecular complexity index is 882. The number of amides is 2. The molecule has 3 saturated heterocycles. The highest BCUT2D eigenvalue weighted by atomic mass is 16.2. The SMILES string of the molecule is O=C1NC2(CCN(C(=O)c3ccncc3)CC2)[C@@H]2CN(c3ncccn3)C[C@H]12. The molecule has 3 aliphatic rings. The number of fused-ring (bicyclic) bond motifs is 2. The number of aromatic nitrogens is 3. The van der Waals surface area contributed by atoms with Crippen LogP contribution in [0.1, 0.15) is 23.2 Å². The van der Waals surface area contributed by atoms with E-state index in [0.717, 1.165) is 19.4 Å². The molecular formula is C20H22N6O2. The maximum atomic E-state index is 12.7. The minimum Gasteiger partial charge on any atom is -0.350 e. The molecule has 3 aliphatic heterocycles. The van der Waals surface area contributed by atoms with E-state index in [2.05, 4.69) is 25.2 Å². The van der Waals surface area contributed by atoms with Crippen LogP contribution in [0.15, 0.2) is 43.0 Å². The Labute approximate surface area is 163 Å². The molecule has 1 spiro atoms. The van der Waals surface area contributed by atoms with Crippen LogP contribution < -0.4 is 10.2 Å². The molecule has 1 N–H and O–H groups in total. The van der Waals surface area contributed by atoms with E-state index in [9.17, 15) is 9.59 Å². The van der Waals surface area contributed by atoms with Crippen molar-refractivity contribution in [2.45, 2.75) is 18.4 Å². The lowest BCUT2D eigenvalue weighted by molar-refractivity contribution is -0.122. The minimum atomic E-state index is -0.236. The van der Waals surface area contributed by atoms with E-state index < -0.39 is 0 Å². The van der Waals surface area contributed by atoms with E-state index in [4.69, 9.17) is 0 Å². The van der Waals surface area contributed by atoms with Crippen LogP contribution in [0.2, 0.25) is 0 Å². The van der Waals surface area contributed by atoms with Gasteiger partial charge in [-0.3, -0.25) is 14.6 Å². The summed E-state index contributed by atoms with van der Waals surface area (Å²) in [5.41, 5.74) is 0.424. The van der Waals surface area contributed by atoms with Crippen molar-refractivity contribution >= 4 is 17.8 Å². The number of likely N-dealkylation sites (tertiary alicyclic amines) is 1. The van der Waals surface area contributed by atoms with Gasteiger partial charge in [-0.15, -0.1) is 0 Å². The van der Waals surface area contributed by atoms with Crippen LogP contribution in [-0.2, 0) is 4.79 Å². The predicted molar refractivity (Wildman–Crippen MR) is 101 cm³/mol. The number of hydrogen-bond donors (Lipinski definition) is 1. The molecule has 5 rings (SSSR count). The van der Waals surface area contributed by atoms with E-state index >= 15 is 0 Å². The number of pyridine rings is 1. The first-order valence-corrected chi connectivity index (χ1v) is 9.70. The Kier molecular flexibility index (Phi) is 3.99. The van der Waals surface area contributed by atoms with Gasteiger partial charge in [-0.05, 0) is 31.0 Å². The monoisotopic (exact) mass is 378 g/mol. The topological polar surface area (TPSA) is 91.3 Å². The summed E-state index contributed by atoms with van der Waals surface area (Å²) >= 11 is 0. The van der Waals surface area contributed by atoms with Gasteiger partial charge in [-0.1, -0.05) is 0 Å². The fraction of sp³-hybridized carbons (Fsp3) is 0.450. The predicted octanol–water partition coefficient (Wildman–Crippen LogP) is 0.729. The molecular weight excluding hydrogens is 356 g/mol. The lowest BCUT2D eigenvalue weighted by Gasteiger charge is -2.42. The third kappa shape index (κ3) is 2.71. The van der Waals surface area contributed by atoms with E-state index in [-0.39, 0.29) is 29.2 Å². The third-order valence-electron chi connectivity index (χ3n) is 6.44. The molecule has 28 heavy (non-hydrogen) atoms. The van der Waals surface area contributed by atoms with Crippen LogP contribution in [0.4, 0.5) is 5.95 Å². The summed E-state index contributed by atoms with van der Waals surface area (Å²) in [6, 6.07) is 5.29. The smallest absolute Gasteiger partial charge is 0.253 e. The molecule has 8 nitrogen and oxygen atoms in total. The summed E-state index contributed by atoms with van der Waals surface area (Å²) in [7, 11) is 0. The number of nitrogens with one attached hydrogen (secondary N) is 1. The molecule has 5 heterocycles. The molecule has 0 aliphatic carbocycles. The van der Waals surface area contributed by atoms with E-state index in [1.165, 1.54) is 0 Å². The lowest BCUT2D eigenvalue weighted by atomic mass is 9.75. The second-order valence-electron chi connectivity index (χ2n) is 7.84. The van der Waals surface area contributed by atoms with Gasteiger partial charge in [0.2, 0.25) is 11.9 Å². The largest absolute Gasteiger partial charge is 0.350 e. The van der Waals surface area contributed by atoms with Crippen LogP contribution in [0.5, 0.6) is 0 Å². The molecule has 2 aromatic heterocycles. The van der Waals surface area contributed by atoms with Crippen molar-refractivity contribution in [3.63, 3.8) is 0 Å². The van der Waals surface area contributed by atoms with Crippen molar-refractivity contribution in [1.82, 2.24) is 25.2 Å². The van der Waals surface area contributed by atoms with Crippen molar-refractivity contribution in [1.29, 1.82) is 0 Å². The fourth-order valence-electron chi connectivity index (χ4n) is 4.96. The fourth-order valence-corrected chi connectivity index (χ4v) is 4.96.